The smallest absolute Gasteiger partial charge is 0.318 e. The quantitative estimate of drug-likeness (QED) is 0.443. The van der Waals surface area contributed by atoms with Gasteiger partial charge in [-0.3, -0.25) is 4.79 Å². The molecule has 0 N–H and O–H groups in total. The third-order valence-electron chi connectivity index (χ3n) is 5.69. The molecule has 0 spiro atoms. The topological polar surface area (TPSA) is 55.7 Å². The lowest BCUT2D eigenvalue weighted by Gasteiger charge is -2.32. The molecule has 0 radical (unpaired) electrons. The molecule has 0 aromatic heterocycles. The second-order valence-electron chi connectivity index (χ2n) is 7.00. The number of benzene rings is 1. The third kappa shape index (κ3) is 2.83. The Hall–Kier alpha value is -2.49. The molecule has 2 aliphatic carbocycles. The van der Waals surface area contributed by atoms with E-state index in [-0.39, 0.29) is 22.8 Å². The third-order valence-corrected chi connectivity index (χ3v) is 5.69. The van der Waals surface area contributed by atoms with Gasteiger partial charge in [-0.05, 0) is 48.5 Å². The second kappa shape index (κ2) is 7.02. The van der Waals surface area contributed by atoms with E-state index < -0.39 is 5.97 Å². The van der Waals surface area contributed by atoms with Gasteiger partial charge in [0.2, 0.25) is 0 Å². The molecule has 0 saturated heterocycles. The van der Waals surface area contributed by atoms with Crippen molar-refractivity contribution in [2.24, 2.45) is 11.1 Å². The zero-order chi connectivity index (χ0) is 18.9. The highest BCUT2D eigenvalue weighted by molar-refractivity contribution is 6.40. The van der Waals surface area contributed by atoms with Gasteiger partial charge in [0.15, 0.2) is 5.78 Å². The van der Waals surface area contributed by atoms with Crippen molar-refractivity contribution in [3.63, 3.8) is 0 Å². The first-order valence-corrected chi connectivity index (χ1v) is 9.23. The van der Waals surface area contributed by atoms with E-state index in [1.165, 1.54) is 29.2 Å². The number of hydrogen-bond acceptors (Lipinski definition) is 4. The number of fused-ring (bicyclic) bond motifs is 3. The first kappa shape index (κ1) is 18.3. The summed E-state index contributed by atoms with van der Waals surface area (Å²) in [6, 6.07) is 8.56. The Morgan fingerprint density at radius 2 is 1.88 bits per heavy atom. The van der Waals surface area contributed by atoms with Crippen molar-refractivity contribution >= 4 is 23.0 Å². The van der Waals surface area contributed by atoms with Gasteiger partial charge in [0.1, 0.15) is 5.71 Å². The van der Waals surface area contributed by atoms with Crippen molar-refractivity contribution in [3.8, 4) is 0 Å². The first-order valence-electron chi connectivity index (χ1n) is 9.23. The maximum Gasteiger partial charge on any atom is 0.331 e. The fourth-order valence-electron chi connectivity index (χ4n) is 4.31. The van der Waals surface area contributed by atoms with Gasteiger partial charge < -0.3 is 4.84 Å². The molecular weight excluding hydrogens is 326 g/mol. The molecule has 1 aromatic carbocycles. The van der Waals surface area contributed by atoms with Crippen LogP contribution in [-0.4, -0.2) is 17.5 Å². The number of carbonyl (C=O) groups is 2. The van der Waals surface area contributed by atoms with Gasteiger partial charge in [-0.25, -0.2) is 4.79 Å². The van der Waals surface area contributed by atoms with Crippen LogP contribution in [0.25, 0.3) is 5.57 Å². The summed E-state index contributed by atoms with van der Waals surface area (Å²) >= 11 is 0. The molecule has 4 heteroatoms. The summed E-state index contributed by atoms with van der Waals surface area (Å²) in [5.74, 6) is -0.880. The van der Waals surface area contributed by atoms with Crippen LogP contribution in [0, 0.1) is 5.92 Å². The number of Topliss-reactive ketones (excluding diaryl/α,β-unsaturated/α-hetero) is 1. The number of rotatable bonds is 5. The Kier molecular flexibility index (Phi) is 4.94. The van der Waals surface area contributed by atoms with Crippen LogP contribution in [0.1, 0.15) is 58.1 Å². The lowest BCUT2D eigenvalue weighted by atomic mass is 9.71. The molecule has 1 aromatic rings. The minimum absolute atomic E-state index is 0.0394. The van der Waals surface area contributed by atoms with Crippen molar-refractivity contribution in [1.29, 1.82) is 0 Å². The van der Waals surface area contributed by atoms with Crippen LogP contribution < -0.4 is 0 Å². The average Bonchev–Trinajstić information content (AvgIpc) is 2.95. The molecule has 2 aliphatic rings. The fraction of sp³-hybridized carbons (Fsp3) is 0.409. The molecule has 0 aliphatic heterocycles. The Labute approximate surface area is 154 Å². The van der Waals surface area contributed by atoms with Gasteiger partial charge in [0, 0.05) is 18.3 Å². The van der Waals surface area contributed by atoms with Crippen LogP contribution in [0.3, 0.4) is 0 Å². The number of hydrogen-bond donors (Lipinski definition) is 0. The van der Waals surface area contributed by atoms with Gasteiger partial charge in [0.25, 0.3) is 0 Å². The molecule has 136 valence electrons. The van der Waals surface area contributed by atoms with Crippen LogP contribution in [-0.2, 0) is 19.8 Å². The second-order valence-corrected chi connectivity index (χ2v) is 7.00. The van der Waals surface area contributed by atoms with Crippen LogP contribution in [0.15, 0.2) is 47.1 Å². The van der Waals surface area contributed by atoms with Gasteiger partial charge in [-0.15, -0.1) is 0 Å². The summed E-state index contributed by atoms with van der Waals surface area (Å²) in [4.78, 5) is 28.3. The minimum atomic E-state index is -0.524. The van der Waals surface area contributed by atoms with E-state index in [1.54, 1.807) is 6.92 Å². The first-order chi connectivity index (χ1) is 12.4. The number of allylic oxidation sites excluding steroid dienone is 4. The van der Waals surface area contributed by atoms with Crippen molar-refractivity contribution in [2.45, 2.75) is 52.4 Å². The lowest BCUT2D eigenvalue weighted by molar-refractivity contribution is -0.140. The number of carbonyl (C=O) groups excluding carboxylic acids is 2. The summed E-state index contributed by atoms with van der Waals surface area (Å²) in [6.45, 7) is 7.29. The standard InChI is InChI=1S/C22H25NO3/c1-5-22(6-2)19-10-8-7-9-17(19)18-12-11-16(13-20(18)22)21(25)14(3)23-26-15(4)24/h7-10,12-13,16H,5-6,11H2,1-4H3/b23-14+. The predicted molar refractivity (Wildman–Crippen MR) is 103 cm³/mol. The summed E-state index contributed by atoms with van der Waals surface area (Å²) in [7, 11) is 0. The molecule has 26 heavy (non-hydrogen) atoms. The van der Waals surface area contributed by atoms with Crippen molar-refractivity contribution in [2.75, 3.05) is 0 Å². The molecule has 0 heterocycles. The summed E-state index contributed by atoms with van der Waals surface area (Å²) in [6.07, 6.45) is 6.93. The Balaban J connectivity index is 2.00. The summed E-state index contributed by atoms with van der Waals surface area (Å²) in [5, 5.41) is 3.67. The molecule has 0 bridgehead atoms. The zero-order valence-corrected chi connectivity index (χ0v) is 15.8. The predicted octanol–water partition coefficient (Wildman–Crippen LogP) is 4.60. The zero-order valence-electron chi connectivity index (χ0n) is 15.8. The lowest BCUT2D eigenvalue weighted by Crippen LogP contribution is -2.27. The SMILES string of the molecule is CCC1(CC)C2=CC(C(=O)/C(C)=N/OC(C)=O)CC=C2c2ccccc21. The summed E-state index contributed by atoms with van der Waals surface area (Å²) < 4.78 is 0. The maximum atomic E-state index is 12.8. The Bertz CT molecular complexity index is 841. The van der Waals surface area contributed by atoms with Crippen molar-refractivity contribution in [3.05, 3.63) is 53.1 Å². The Morgan fingerprint density at radius 1 is 1.19 bits per heavy atom. The highest BCUT2D eigenvalue weighted by Gasteiger charge is 2.44. The Morgan fingerprint density at radius 3 is 2.54 bits per heavy atom. The highest BCUT2D eigenvalue weighted by Crippen LogP contribution is 2.55. The minimum Gasteiger partial charge on any atom is -0.318 e. The normalized spacial score (nSPS) is 20.6. The van der Waals surface area contributed by atoms with E-state index in [0.717, 1.165) is 12.8 Å². The number of nitrogens with zero attached hydrogens (tertiary/aromatic N) is 1. The van der Waals surface area contributed by atoms with Gasteiger partial charge in [-0.2, -0.15) is 0 Å². The maximum absolute atomic E-state index is 12.8. The van der Waals surface area contributed by atoms with E-state index in [4.69, 9.17) is 0 Å². The molecule has 3 rings (SSSR count). The summed E-state index contributed by atoms with van der Waals surface area (Å²) in [5.41, 5.74) is 5.37. The van der Waals surface area contributed by atoms with Gasteiger partial charge in [-0.1, -0.05) is 55.4 Å². The fourth-order valence-corrected chi connectivity index (χ4v) is 4.31. The van der Waals surface area contributed by atoms with E-state index in [0.29, 0.717) is 6.42 Å². The highest BCUT2D eigenvalue weighted by atomic mass is 16.7. The van der Waals surface area contributed by atoms with Crippen LogP contribution in [0.4, 0.5) is 0 Å². The van der Waals surface area contributed by atoms with E-state index >= 15 is 0 Å². The van der Waals surface area contributed by atoms with Gasteiger partial charge in [0.05, 0.1) is 0 Å². The molecule has 4 nitrogen and oxygen atoms in total. The molecule has 0 saturated carbocycles. The van der Waals surface area contributed by atoms with E-state index in [9.17, 15) is 9.59 Å². The average molecular weight is 351 g/mol. The van der Waals surface area contributed by atoms with E-state index in [2.05, 4.69) is 60.3 Å². The monoisotopic (exact) mass is 351 g/mol. The molecule has 0 fully saturated rings. The molecule has 1 unspecified atom stereocenters. The molecule has 1 atom stereocenters. The molecule has 0 amide bonds. The van der Waals surface area contributed by atoms with Crippen molar-refractivity contribution < 1.29 is 14.4 Å². The van der Waals surface area contributed by atoms with Crippen LogP contribution in [0.5, 0.6) is 0 Å². The largest absolute Gasteiger partial charge is 0.331 e. The van der Waals surface area contributed by atoms with Crippen LogP contribution >= 0.6 is 0 Å². The van der Waals surface area contributed by atoms with Gasteiger partial charge >= 0.3 is 5.97 Å². The number of ketones is 1. The van der Waals surface area contributed by atoms with Crippen molar-refractivity contribution in [1.82, 2.24) is 0 Å². The number of oxime groups is 1. The van der Waals surface area contributed by atoms with E-state index in [1.807, 2.05) is 0 Å². The van der Waals surface area contributed by atoms with Crippen LogP contribution in [0.2, 0.25) is 0 Å². The molecular formula is C22H25NO3.